The molecule has 2 heterocycles. The van der Waals surface area contributed by atoms with Crippen LogP contribution >= 0.6 is 11.3 Å². The minimum atomic E-state index is 0.217. The van der Waals surface area contributed by atoms with Gasteiger partial charge < -0.3 is 5.73 Å². The topological polar surface area (TPSA) is 56.7 Å². The molecule has 2 N–H and O–H groups in total. The van der Waals surface area contributed by atoms with Gasteiger partial charge in [-0.1, -0.05) is 6.92 Å². The molecule has 4 nitrogen and oxygen atoms in total. The number of thiazole rings is 1. The molecule has 1 atom stereocenters. The van der Waals surface area contributed by atoms with Crippen LogP contribution in [-0.2, 0) is 13.0 Å². The third-order valence-electron chi connectivity index (χ3n) is 3.88. The van der Waals surface area contributed by atoms with Gasteiger partial charge in [0.1, 0.15) is 5.01 Å². The molecular formula is C15H24N4S. The van der Waals surface area contributed by atoms with Crippen molar-refractivity contribution in [1.82, 2.24) is 14.8 Å². The van der Waals surface area contributed by atoms with Gasteiger partial charge >= 0.3 is 0 Å². The standard InChI is InChI=1S/C15H24N4S/c1-6-13(16)7-14-10(3)18-19(11(14)4)8-15-17-9(2)12(5)20-15/h13H,6-8,16H2,1-5H3. The van der Waals surface area contributed by atoms with Gasteiger partial charge in [-0.05, 0) is 46.1 Å². The van der Waals surface area contributed by atoms with E-state index in [9.17, 15) is 0 Å². The zero-order valence-corrected chi connectivity index (χ0v) is 13.8. The lowest BCUT2D eigenvalue weighted by atomic mass is 10.0. The summed E-state index contributed by atoms with van der Waals surface area (Å²) >= 11 is 1.75. The van der Waals surface area contributed by atoms with Crippen molar-refractivity contribution < 1.29 is 0 Å². The van der Waals surface area contributed by atoms with E-state index in [0.29, 0.717) is 0 Å². The number of aromatic nitrogens is 3. The molecule has 0 aliphatic carbocycles. The summed E-state index contributed by atoms with van der Waals surface area (Å²) in [5, 5.41) is 5.78. The molecule has 2 aromatic heterocycles. The highest BCUT2D eigenvalue weighted by Crippen LogP contribution is 2.20. The number of rotatable bonds is 5. The maximum absolute atomic E-state index is 6.08. The third kappa shape index (κ3) is 3.10. The number of hydrogen-bond donors (Lipinski definition) is 1. The molecule has 0 aliphatic heterocycles. The van der Waals surface area contributed by atoms with Crippen LogP contribution in [0.25, 0.3) is 0 Å². The van der Waals surface area contributed by atoms with E-state index in [1.54, 1.807) is 11.3 Å². The van der Waals surface area contributed by atoms with Crippen LogP contribution in [0.2, 0.25) is 0 Å². The zero-order chi connectivity index (χ0) is 14.9. The summed E-state index contributed by atoms with van der Waals surface area (Å²) in [5.41, 5.74) is 10.8. The van der Waals surface area contributed by atoms with Crippen LogP contribution in [0, 0.1) is 27.7 Å². The van der Waals surface area contributed by atoms with Crippen LogP contribution in [0.5, 0.6) is 0 Å². The molecule has 20 heavy (non-hydrogen) atoms. The van der Waals surface area contributed by atoms with Gasteiger partial charge in [0.25, 0.3) is 0 Å². The number of nitrogens with two attached hydrogens (primary N) is 1. The minimum absolute atomic E-state index is 0.217. The second-order valence-electron chi connectivity index (χ2n) is 5.43. The first kappa shape index (κ1) is 15.2. The van der Waals surface area contributed by atoms with E-state index in [1.807, 2.05) is 0 Å². The number of nitrogens with zero attached hydrogens (tertiary/aromatic N) is 3. The summed E-state index contributed by atoms with van der Waals surface area (Å²) in [7, 11) is 0. The van der Waals surface area contributed by atoms with Crippen molar-refractivity contribution >= 4 is 11.3 Å². The Morgan fingerprint density at radius 3 is 2.45 bits per heavy atom. The molecule has 2 aromatic rings. The molecule has 0 spiro atoms. The summed E-state index contributed by atoms with van der Waals surface area (Å²) in [5.74, 6) is 0. The summed E-state index contributed by atoms with van der Waals surface area (Å²) in [6, 6.07) is 0.217. The Bertz CT molecular complexity index is 578. The van der Waals surface area contributed by atoms with E-state index in [4.69, 9.17) is 5.73 Å². The van der Waals surface area contributed by atoms with Crippen molar-refractivity contribution in [1.29, 1.82) is 0 Å². The summed E-state index contributed by atoms with van der Waals surface area (Å²) in [4.78, 5) is 5.88. The van der Waals surface area contributed by atoms with Crippen LogP contribution in [0.1, 0.15) is 45.9 Å². The van der Waals surface area contributed by atoms with E-state index in [0.717, 1.165) is 35.8 Å². The molecule has 2 rings (SSSR count). The normalized spacial score (nSPS) is 12.9. The highest BCUT2D eigenvalue weighted by molar-refractivity contribution is 7.11. The molecule has 1 unspecified atom stereocenters. The number of aryl methyl sites for hydroxylation is 3. The second-order valence-corrected chi connectivity index (χ2v) is 6.72. The first-order valence-corrected chi connectivity index (χ1v) is 7.95. The van der Waals surface area contributed by atoms with Gasteiger partial charge in [0.05, 0.1) is 17.9 Å². The van der Waals surface area contributed by atoms with Crippen molar-refractivity contribution in [3.63, 3.8) is 0 Å². The summed E-state index contributed by atoms with van der Waals surface area (Å²) in [6.45, 7) is 11.3. The lowest BCUT2D eigenvalue weighted by Gasteiger charge is -2.09. The molecule has 0 aromatic carbocycles. The van der Waals surface area contributed by atoms with Crippen LogP contribution in [-0.4, -0.2) is 20.8 Å². The van der Waals surface area contributed by atoms with Gasteiger partial charge in [0.15, 0.2) is 0 Å². The van der Waals surface area contributed by atoms with Crippen molar-refractivity contribution in [2.75, 3.05) is 0 Å². The molecule has 0 saturated carbocycles. The highest BCUT2D eigenvalue weighted by Gasteiger charge is 2.15. The molecule has 5 heteroatoms. The quantitative estimate of drug-likeness (QED) is 0.922. The molecule has 0 aliphatic rings. The zero-order valence-electron chi connectivity index (χ0n) is 13.0. The van der Waals surface area contributed by atoms with Crippen molar-refractivity contribution in [3.8, 4) is 0 Å². The van der Waals surface area contributed by atoms with E-state index >= 15 is 0 Å². The molecule has 0 bridgehead atoms. The van der Waals surface area contributed by atoms with Crippen molar-refractivity contribution in [2.45, 2.75) is 60.0 Å². The monoisotopic (exact) mass is 292 g/mol. The van der Waals surface area contributed by atoms with Gasteiger partial charge in [-0.3, -0.25) is 4.68 Å². The van der Waals surface area contributed by atoms with Crippen LogP contribution < -0.4 is 5.73 Å². The lowest BCUT2D eigenvalue weighted by molar-refractivity contribution is 0.635. The van der Waals surface area contributed by atoms with Gasteiger partial charge in [-0.15, -0.1) is 11.3 Å². The minimum Gasteiger partial charge on any atom is -0.327 e. The molecule has 0 fully saturated rings. The Hall–Kier alpha value is -1.20. The Kier molecular flexibility index (Phi) is 4.60. The van der Waals surface area contributed by atoms with Gasteiger partial charge in [0.2, 0.25) is 0 Å². The van der Waals surface area contributed by atoms with E-state index in [-0.39, 0.29) is 6.04 Å². The highest BCUT2D eigenvalue weighted by atomic mass is 32.1. The Labute approximate surface area is 125 Å². The van der Waals surface area contributed by atoms with E-state index in [2.05, 4.69) is 49.4 Å². The predicted octanol–water partition coefficient (Wildman–Crippen LogP) is 2.90. The Morgan fingerprint density at radius 2 is 1.90 bits per heavy atom. The maximum Gasteiger partial charge on any atom is 0.115 e. The van der Waals surface area contributed by atoms with Crippen LogP contribution in [0.15, 0.2) is 0 Å². The molecule has 110 valence electrons. The molecular weight excluding hydrogens is 268 g/mol. The van der Waals surface area contributed by atoms with E-state index < -0.39 is 0 Å². The number of hydrogen-bond acceptors (Lipinski definition) is 4. The van der Waals surface area contributed by atoms with Gasteiger partial charge in [0, 0.05) is 16.6 Å². The average molecular weight is 292 g/mol. The third-order valence-corrected chi connectivity index (χ3v) is 4.94. The smallest absolute Gasteiger partial charge is 0.115 e. The van der Waals surface area contributed by atoms with E-state index in [1.165, 1.54) is 16.1 Å². The fourth-order valence-electron chi connectivity index (χ4n) is 2.32. The van der Waals surface area contributed by atoms with Crippen LogP contribution in [0.4, 0.5) is 0 Å². The lowest BCUT2D eigenvalue weighted by Crippen LogP contribution is -2.22. The average Bonchev–Trinajstić information content (AvgIpc) is 2.84. The SMILES string of the molecule is CCC(N)Cc1c(C)nn(Cc2nc(C)c(C)s2)c1C. The molecule has 0 amide bonds. The summed E-state index contributed by atoms with van der Waals surface area (Å²) < 4.78 is 2.06. The Balaban J connectivity index is 2.23. The molecule has 0 saturated heterocycles. The second kappa shape index (κ2) is 6.06. The fourth-order valence-corrected chi connectivity index (χ4v) is 3.24. The van der Waals surface area contributed by atoms with Crippen molar-refractivity contribution in [3.05, 3.63) is 32.5 Å². The fraction of sp³-hybridized carbons (Fsp3) is 0.600. The van der Waals surface area contributed by atoms with Crippen molar-refractivity contribution in [2.24, 2.45) is 5.73 Å². The van der Waals surface area contributed by atoms with Crippen LogP contribution in [0.3, 0.4) is 0 Å². The predicted molar refractivity (Wildman–Crippen MR) is 84.4 cm³/mol. The maximum atomic E-state index is 6.08. The largest absolute Gasteiger partial charge is 0.327 e. The summed E-state index contributed by atoms with van der Waals surface area (Å²) in [6.07, 6.45) is 1.90. The van der Waals surface area contributed by atoms with Gasteiger partial charge in [-0.25, -0.2) is 4.98 Å². The van der Waals surface area contributed by atoms with Gasteiger partial charge in [-0.2, -0.15) is 5.10 Å². The molecule has 0 radical (unpaired) electrons. The Morgan fingerprint density at radius 1 is 1.20 bits per heavy atom. The first-order valence-electron chi connectivity index (χ1n) is 7.13. The first-order chi connectivity index (χ1) is 9.42.